The summed E-state index contributed by atoms with van der Waals surface area (Å²) < 4.78 is 6.77. The van der Waals surface area contributed by atoms with Crippen LogP contribution in [0, 0.1) is 0 Å². The van der Waals surface area contributed by atoms with Crippen LogP contribution in [-0.4, -0.2) is 12.1 Å². The highest BCUT2D eigenvalue weighted by molar-refractivity contribution is 7.22. The van der Waals surface area contributed by atoms with Crippen LogP contribution < -0.4 is 4.74 Å². The molecule has 0 spiro atoms. The average molecular weight is 241 g/mol. The van der Waals surface area contributed by atoms with E-state index in [0.717, 1.165) is 16.2 Å². The molecule has 3 rings (SSSR count). The number of methoxy groups -OCH3 is 1. The number of thiophene rings is 1. The summed E-state index contributed by atoms with van der Waals surface area (Å²) in [5.74, 6) is 0.943. The molecule has 17 heavy (non-hydrogen) atoms. The minimum atomic E-state index is 0.943. The van der Waals surface area contributed by atoms with Crippen LogP contribution in [0.4, 0.5) is 0 Å². The van der Waals surface area contributed by atoms with Crippen LogP contribution in [0.5, 0.6) is 5.75 Å². The van der Waals surface area contributed by atoms with Gasteiger partial charge in [0.1, 0.15) is 5.75 Å². The lowest BCUT2D eigenvalue weighted by atomic mass is 10.2. The van der Waals surface area contributed by atoms with E-state index in [9.17, 15) is 0 Å². The minimum Gasteiger partial charge on any atom is -0.495 e. The Hall–Kier alpha value is -1.87. The van der Waals surface area contributed by atoms with Gasteiger partial charge >= 0.3 is 0 Å². The number of nitrogens with zero attached hydrogens (tertiary/aromatic N) is 1. The summed E-state index contributed by atoms with van der Waals surface area (Å²) in [6.45, 7) is 0. The van der Waals surface area contributed by atoms with Crippen molar-refractivity contribution in [2.75, 3.05) is 7.11 Å². The smallest absolute Gasteiger partial charge is 0.145 e. The Labute approximate surface area is 104 Å². The molecule has 0 aliphatic carbocycles. The summed E-state index contributed by atoms with van der Waals surface area (Å²) in [5.41, 5.74) is 1.10. The van der Waals surface area contributed by atoms with Crippen molar-refractivity contribution in [2.45, 2.75) is 0 Å². The maximum absolute atomic E-state index is 5.54. The lowest BCUT2D eigenvalue weighted by Crippen LogP contribution is -1.83. The van der Waals surface area contributed by atoms with Gasteiger partial charge in [-0.2, -0.15) is 0 Å². The van der Waals surface area contributed by atoms with Gasteiger partial charge in [0.25, 0.3) is 0 Å². The van der Waals surface area contributed by atoms with Gasteiger partial charge in [0, 0.05) is 28.0 Å². The van der Waals surface area contributed by atoms with E-state index in [2.05, 4.69) is 23.2 Å². The lowest BCUT2D eigenvalue weighted by Gasteiger charge is -2.02. The molecule has 2 aromatic heterocycles. The standard InChI is InChI=1S/C14H11NOS/c1-16-13-11-6-2-3-7-12(11)17-14(13)10-5-4-8-15-9-10/h2-9H,1H3. The fraction of sp³-hybridized carbons (Fsp3) is 0.0714. The van der Waals surface area contributed by atoms with Crippen LogP contribution in [0.25, 0.3) is 20.5 Å². The summed E-state index contributed by atoms with van der Waals surface area (Å²) >= 11 is 1.74. The van der Waals surface area contributed by atoms with Crippen molar-refractivity contribution < 1.29 is 4.74 Å². The van der Waals surface area contributed by atoms with E-state index < -0.39 is 0 Å². The van der Waals surface area contributed by atoms with Gasteiger partial charge in [-0.25, -0.2) is 0 Å². The van der Waals surface area contributed by atoms with E-state index in [1.165, 1.54) is 10.1 Å². The zero-order valence-corrected chi connectivity index (χ0v) is 10.2. The quantitative estimate of drug-likeness (QED) is 0.677. The van der Waals surface area contributed by atoms with Gasteiger partial charge < -0.3 is 4.74 Å². The maximum Gasteiger partial charge on any atom is 0.145 e. The van der Waals surface area contributed by atoms with Crippen LogP contribution in [0.15, 0.2) is 48.8 Å². The van der Waals surface area contributed by atoms with Gasteiger partial charge in [0.05, 0.1) is 12.0 Å². The van der Waals surface area contributed by atoms with Gasteiger partial charge in [0.2, 0.25) is 0 Å². The maximum atomic E-state index is 5.54. The Kier molecular flexibility index (Phi) is 2.53. The van der Waals surface area contributed by atoms with Crippen LogP contribution in [0.1, 0.15) is 0 Å². The number of pyridine rings is 1. The van der Waals surface area contributed by atoms with Crippen LogP contribution in [-0.2, 0) is 0 Å². The number of benzene rings is 1. The molecule has 3 heteroatoms. The number of rotatable bonds is 2. The van der Waals surface area contributed by atoms with E-state index in [1.807, 2.05) is 24.4 Å². The van der Waals surface area contributed by atoms with Gasteiger partial charge in [-0.05, 0) is 18.2 Å². The van der Waals surface area contributed by atoms with Crippen LogP contribution in [0.2, 0.25) is 0 Å². The molecule has 0 radical (unpaired) electrons. The molecule has 0 amide bonds. The number of hydrogen-bond acceptors (Lipinski definition) is 3. The Morgan fingerprint density at radius 2 is 2.00 bits per heavy atom. The molecule has 0 N–H and O–H groups in total. The number of hydrogen-bond donors (Lipinski definition) is 0. The molecule has 0 bridgehead atoms. The highest BCUT2D eigenvalue weighted by Gasteiger charge is 2.13. The summed E-state index contributed by atoms with van der Waals surface area (Å²) in [6.07, 6.45) is 3.65. The Morgan fingerprint density at radius 3 is 2.76 bits per heavy atom. The molecule has 0 aliphatic rings. The summed E-state index contributed by atoms with van der Waals surface area (Å²) in [4.78, 5) is 5.30. The highest BCUT2D eigenvalue weighted by atomic mass is 32.1. The zero-order chi connectivity index (χ0) is 11.7. The molecule has 0 atom stereocenters. The SMILES string of the molecule is COc1c(-c2cccnc2)sc2ccccc12. The van der Waals surface area contributed by atoms with Crippen molar-refractivity contribution in [1.29, 1.82) is 0 Å². The monoisotopic (exact) mass is 241 g/mol. The van der Waals surface area contributed by atoms with E-state index in [4.69, 9.17) is 4.74 Å². The molecule has 0 saturated heterocycles. The molecule has 0 aliphatic heterocycles. The van der Waals surface area contributed by atoms with E-state index in [0.29, 0.717) is 0 Å². The second kappa shape index (κ2) is 4.18. The van der Waals surface area contributed by atoms with Gasteiger partial charge in [-0.3, -0.25) is 4.98 Å². The van der Waals surface area contributed by atoms with Crippen molar-refractivity contribution in [3.05, 3.63) is 48.8 Å². The van der Waals surface area contributed by atoms with Gasteiger partial charge in [-0.1, -0.05) is 18.2 Å². The highest BCUT2D eigenvalue weighted by Crippen LogP contribution is 2.43. The van der Waals surface area contributed by atoms with Gasteiger partial charge in [-0.15, -0.1) is 11.3 Å². The molecule has 84 valence electrons. The molecule has 3 aromatic rings. The summed E-state index contributed by atoms with van der Waals surface area (Å²) in [6, 6.07) is 12.3. The van der Waals surface area contributed by atoms with Crippen molar-refractivity contribution in [3.63, 3.8) is 0 Å². The lowest BCUT2D eigenvalue weighted by molar-refractivity contribution is 0.423. The third kappa shape index (κ3) is 1.68. The average Bonchev–Trinajstić information content (AvgIpc) is 2.78. The summed E-state index contributed by atoms with van der Waals surface area (Å²) in [5, 5.41) is 1.17. The third-order valence-electron chi connectivity index (χ3n) is 2.68. The van der Waals surface area contributed by atoms with Crippen molar-refractivity contribution in [1.82, 2.24) is 4.98 Å². The number of aromatic nitrogens is 1. The fourth-order valence-corrected chi connectivity index (χ4v) is 3.07. The molecule has 2 nitrogen and oxygen atoms in total. The fourth-order valence-electron chi connectivity index (χ4n) is 1.91. The normalized spacial score (nSPS) is 10.6. The van der Waals surface area contributed by atoms with Gasteiger partial charge in [0.15, 0.2) is 0 Å². The van der Waals surface area contributed by atoms with Crippen molar-refractivity contribution in [3.8, 4) is 16.2 Å². The molecule has 2 heterocycles. The van der Waals surface area contributed by atoms with Crippen LogP contribution in [0.3, 0.4) is 0 Å². The first-order chi connectivity index (χ1) is 8.40. The first-order valence-electron chi connectivity index (χ1n) is 5.36. The molecule has 0 fully saturated rings. The Morgan fingerprint density at radius 1 is 1.12 bits per heavy atom. The third-order valence-corrected chi connectivity index (χ3v) is 3.88. The largest absolute Gasteiger partial charge is 0.495 e. The molecule has 1 aromatic carbocycles. The van der Waals surface area contributed by atoms with Crippen molar-refractivity contribution >= 4 is 21.4 Å². The predicted molar refractivity (Wildman–Crippen MR) is 71.6 cm³/mol. The number of fused-ring (bicyclic) bond motifs is 1. The first kappa shape index (κ1) is 10.3. The molecular weight excluding hydrogens is 230 g/mol. The Balaban J connectivity index is 2.30. The minimum absolute atomic E-state index is 0.943. The molecule has 0 unspecified atom stereocenters. The van der Waals surface area contributed by atoms with E-state index in [-0.39, 0.29) is 0 Å². The van der Waals surface area contributed by atoms with Crippen molar-refractivity contribution in [2.24, 2.45) is 0 Å². The Bertz CT molecular complexity index is 646. The predicted octanol–water partition coefficient (Wildman–Crippen LogP) is 3.97. The van der Waals surface area contributed by atoms with E-state index >= 15 is 0 Å². The zero-order valence-electron chi connectivity index (χ0n) is 9.38. The second-order valence-corrected chi connectivity index (χ2v) is 4.75. The summed E-state index contributed by atoms with van der Waals surface area (Å²) in [7, 11) is 1.72. The first-order valence-corrected chi connectivity index (χ1v) is 6.17. The van der Waals surface area contributed by atoms with E-state index in [1.54, 1.807) is 24.6 Å². The number of ether oxygens (including phenoxy) is 1. The molecular formula is C14H11NOS. The van der Waals surface area contributed by atoms with Crippen LogP contribution >= 0.6 is 11.3 Å². The second-order valence-electron chi connectivity index (χ2n) is 3.70. The topological polar surface area (TPSA) is 22.1 Å². The molecule has 0 saturated carbocycles.